The Kier molecular flexibility index (Phi) is 4.28. The van der Waals surface area contributed by atoms with Gasteiger partial charge < -0.3 is 4.90 Å². The van der Waals surface area contributed by atoms with E-state index in [2.05, 4.69) is 4.98 Å². The Bertz CT molecular complexity index is 654. The fourth-order valence-electron chi connectivity index (χ4n) is 1.94. The van der Waals surface area contributed by atoms with Crippen molar-refractivity contribution in [3.8, 4) is 11.1 Å². The minimum Gasteiger partial charge on any atom is -0.378 e. The fraction of sp³-hybridized carbons (Fsp3) is 0.267. The third kappa shape index (κ3) is 3.94. The zero-order valence-electron chi connectivity index (χ0n) is 12.1. The monoisotopic (exact) mass is 334 g/mol. The van der Waals surface area contributed by atoms with Crippen molar-refractivity contribution in [1.82, 2.24) is 4.98 Å². The summed E-state index contributed by atoms with van der Waals surface area (Å²) in [7, 11) is 3.54. The van der Waals surface area contributed by atoms with Crippen LogP contribution < -0.4 is 4.90 Å². The minimum absolute atomic E-state index is 0.190. The molecule has 124 valence electrons. The van der Waals surface area contributed by atoms with Gasteiger partial charge in [0.15, 0.2) is 0 Å². The lowest BCUT2D eigenvalue weighted by molar-refractivity contribution is -0.150. The van der Waals surface area contributed by atoms with Crippen LogP contribution in [-0.4, -0.2) is 19.1 Å². The Balaban J connectivity index is 2.57. The van der Waals surface area contributed by atoms with E-state index in [1.54, 1.807) is 31.1 Å². The summed E-state index contributed by atoms with van der Waals surface area (Å²) in [5.74, 6) is 0. The van der Waals surface area contributed by atoms with E-state index >= 15 is 0 Å². The molecule has 0 N–H and O–H groups in total. The zero-order valence-corrected chi connectivity index (χ0v) is 12.1. The summed E-state index contributed by atoms with van der Waals surface area (Å²) in [5.41, 5.74) is -2.31. The first-order chi connectivity index (χ1) is 10.5. The van der Waals surface area contributed by atoms with Gasteiger partial charge in [-0.25, -0.2) is 4.98 Å². The van der Waals surface area contributed by atoms with Crippen molar-refractivity contribution >= 4 is 5.69 Å². The number of anilines is 1. The van der Waals surface area contributed by atoms with Crippen molar-refractivity contribution in [3.05, 3.63) is 47.8 Å². The van der Waals surface area contributed by atoms with Gasteiger partial charge in [-0.3, -0.25) is 0 Å². The van der Waals surface area contributed by atoms with E-state index in [4.69, 9.17) is 0 Å². The number of hydrogen-bond acceptors (Lipinski definition) is 2. The van der Waals surface area contributed by atoms with Gasteiger partial charge in [-0.2, -0.15) is 26.3 Å². The van der Waals surface area contributed by atoms with E-state index in [1.165, 1.54) is 12.1 Å². The largest absolute Gasteiger partial charge is 0.433 e. The SMILES string of the molecule is CN(C)c1ccc(-c2cc(C(F)(F)F)nc(C(F)(F)F)c2)cc1. The van der Waals surface area contributed by atoms with Gasteiger partial charge in [0, 0.05) is 19.8 Å². The number of hydrogen-bond donors (Lipinski definition) is 0. The third-order valence-corrected chi connectivity index (χ3v) is 3.12. The topological polar surface area (TPSA) is 16.1 Å². The number of alkyl halides is 6. The van der Waals surface area contributed by atoms with Gasteiger partial charge in [0.25, 0.3) is 0 Å². The van der Waals surface area contributed by atoms with E-state index in [0.717, 1.165) is 5.69 Å². The summed E-state index contributed by atoms with van der Waals surface area (Å²) in [4.78, 5) is 4.45. The molecule has 0 bridgehead atoms. The number of halogens is 6. The molecule has 0 aliphatic rings. The van der Waals surface area contributed by atoms with Crippen molar-refractivity contribution in [2.75, 3.05) is 19.0 Å². The molecule has 8 heteroatoms. The van der Waals surface area contributed by atoms with Gasteiger partial charge in [-0.1, -0.05) is 12.1 Å². The van der Waals surface area contributed by atoms with Gasteiger partial charge in [-0.05, 0) is 35.4 Å². The van der Waals surface area contributed by atoms with Crippen LogP contribution >= 0.6 is 0 Å². The lowest BCUT2D eigenvalue weighted by atomic mass is 10.0. The summed E-state index contributed by atoms with van der Waals surface area (Å²) >= 11 is 0. The minimum atomic E-state index is -4.96. The molecule has 1 aromatic carbocycles. The van der Waals surface area contributed by atoms with Crippen LogP contribution in [0.1, 0.15) is 11.4 Å². The molecular weight excluding hydrogens is 322 g/mol. The Labute approximate surface area is 128 Å². The standard InChI is InChI=1S/C15H12F6N2/c1-23(2)11-5-3-9(4-6-11)10-7-12(14(16,17)18)22-13(8-10)15(19,20)21/h3-8H,1-2H3. The molecule has 1 aromatic heterocycles. The second kappa shape index (κ2) is 5.75. The van der Waals surface area contributed by atoms with E-state index in [9.17, 15) is 26.3 Å². The van der Waals surface area contributed by atoms with Gasteiger partial charge in [0.05, 0.1) is 0 Å². The van der Waals surface area contributed by atoms with Crippen LogP contribution in [0.2, 0.25) is 0 Å². The molecule has 0 atom stereocenters. The first kappa shape index (κ1) is 17.1. The summed E-state index contributed by atoms with van der Waals surface area (Å²) < 4.78 is 76.7. The van der Waals surface area contributed by atoms with E-state index in [0.29, 0.717) is 12.1 Å². The molecule has 2 rings (SSSR count). The highest BCUT2D eigenvalue weighted by molar-refractivity contribution is 5.67. The maximum atomic E-state index is 12.8. The molecule has 0 radical (unpaired) electrons. The molecule has 0 saturated carbocycles. The van der Waals surface area contributed by atoms with Crippen LogP contribution in [0.3, 0.4) is 0 Å². The van der Waals surface area contributed by atoms with E-state index in [1.807, 2.05) is 0 Å². The van der Waals surface area contributed by atoms with E-state index in [-0.39, 0.29) is 11.1 Å². The highest BCUT2D eigenvalue weighted by Crippen LogP contribution is 2.36. The second-order valence-electron chi connectivity index (χ2n) is 5.06. The summed E-state index contributed by atoms with van der Waals surface area (Å²) in [6, 6.07) is 7.36. The van der Waals surface area contributed by atoms with Crippen LogP contribution in [0.4, 0.5) is 32.0 Å². The van der Waals surface area contributed by atoms with Crippen LogP contribution in [0.25, 0.3) is 11.1 Å². The zero-order chi connectivity index (χ0) is 17.4. The van der Waals surface area contributed by atoms with Crippen molar-refractivity contribution in [2.45, 2.75) is 12.4 Å². The average molecular weight is 334 g/mol. The lowest BCUT2D eigenvalue weighted by Gasteiger charge is -2.15. The molecule has 0 fully saturated rings. The average Bonchev–Trinajstić information content (AvgIpc) is 2.45. The van der Waals surface area contributed by atoms with E-state index < -0.39 is 23.7 Å². The van der Waals surface area contributed by atoms with Gasteiger partial charge in [0.2, 0.25) is 0 Å². The molecule has 0 spiro atoms. The molecule has 0 aliphatic heterocycles. The molecule has 1 heterocycles. The van der Waals surface area contributed by atoms with Crippen LogP contribution in [0.5, 0.6) is 0 Å². The maximum absolute atomic E-state index is 12.8. The Morgan fingerprint density at radius 2 is 1.17 bits per heavy atom. The molecule has 2 aromatic rings. The highest BCUT2D eigenvalue weighted by atomic mass is 19.4. The number of pyridine rings is 1. The molecule has 0 saturated heterocycles. The molecule has 0 aliphatic carbocycles. The van der Waals surface area contributed by atoms with Crippen molar-refractivity contribution in [1.29, 1.82) is 0 Å². The Morgan fingerprint density at radius 1 is 0.739 bits per heavy atom. The molecule has 0 amide bonds. The quantitative estimate of drug-likeness (QED) is 0.730. The lowest BCUT2D eigenvalue weighted by Crippen LogP contribution is -2.15. The summed E-state index contributed by atoms with van der Waals surface area (Å²) in [5, 5.41) is 0. The molecule has 23 heavy (non-hydrogen) atoms. The summed E-state index contributed by atoms with van der Waals surface area (Å²) in [6.45, 7) is 0. The molecule has 2 nitrogen and oxygen atoms in total. The van der Waals surface area contributed by atoms with Crippen LogP contribution in [0.15, 0.2) is 36.4 Å². The van der Waals surface area contributed by atoms with Crippen LogP contribution in [-0.2, 0) is 12.4 Å². The smallest absolute Gasteiger partial charge is 0.378 e. The van der Waals surface area contributed by atoms with Crippen molar-refractivity contribution in [2.24, 2.45) is 0 Å². The first-order valence-corrected chi connectivity index (χ1v) is 6.43. The van der Waals surface area contributed by atoms with Crippen LogP contribution in [0, 0.1) is 0 Å². The predicted molar refractivity (Wildman–Crippen MR) is 74.0 cm³/mol. The Morgan fingerprint density at radius 3 is 1.52 bits per heavy atom. The first-order valence-electron chi connectivity index (χ1n) is 6.43. The molecule has 0 unspecified atom stereocenters. The third-order valence-electron chi connectivity index (χ3n) is 3.12. The van der Waals surface area contributed by atoms with Gasteiger partial charge in [-0.15, -0.1) is 0 Å². The number of rotatable bonds is 2. The van der Waals surface area contributed by atoms with Gasteiger partial charge in [0.1, 0.15) is 11.4 Å². The second-order valence-corrected chi connectivity index (χ2v) is 5.06. The fourth-order valence-corrected chi connectivity index (χ4v) is 1.94. The predicted octanol–water partition coefficient (Wildman–Crippen LogP) is 4.85. The highest BCUT2D eigenvalue weighted by Gasteiger charge is 2.38. The van der Waals surface area contributed by atoms with Crippen molar-refractivity contribution in [3.63, 3.8) is 0 Å². The number of benzene rings is 1. The Hall–Kier alpha value is -2.25. The number of nitrogens with zero attached hydrogens (tertiary/aromatic N) is 2. The number of aromatic nitrogens is 1. The normalized spacial score (nSPS) is 12.3. The van der Waals surface area contributed by atoms with Crippen molar-refractivity contribution < 1.29 is 26.3 Å². The maximum Gasteiger partial charge on any atom is 0.433 e. The molecular formula is C15H12F6N2. The summed E-state index contributed by atoms with van der Waals surface area (Å²) in [6.07, 6.45) is -9.92. The van der Waals surface area contributed by atoms with Gasteiger partial charge >= 0.3 is 12.4 Å².